The van der Waals surface area contributed by atoms with Gasteiger partial charge in [-0.25, -0.2) is 4.98 Å². The lowest BCUT2D eigenvalue weighted by molar-refractivity contribution is -0.123. The molecular formula is C20H30N4OS. The average Bonchev–Trinajstić information content (AvgIpc) is 3.09. The number of amides is 1. The molecule has 3 rings (SSSR count). The monoisotopic (exact) mass is 374 g/mol. The number of H-pyrrole nitrogens is 1. The van der Waals surface area contributed by atoms with E-state index in [4.69, 9.17) is 4.98 Å². The van der Waals surface area contributed by atoms with Gasteiger partial charge in [-0.05, 0) is 68.3 Å². The first kappa shape index (κ1) is 19.2. The first-order valence-electron chi connectivity index (χ1n) is 9.61. The van der Waals surface area contributed by atoms with Crippen LogP contribution in [0.25, 0.3) is 11.0 Å². The molecule has 2 heterocycles. The van der Waals surface area contributed by atoms with Gasteiger partial charge in [0.25, 0.3) is 0 Å². The zero-order valence-electron chi connectivity index (χ0n) is 15.8. The van der Waals surface area contributed by atoms with Crippen LogP contribution in [0, 0.1) is 11.8 Å². The summed E-state index contributed by atoms with van der Waals surface area (Å²) in [7, 11) is 0. The fraction of sp³-hybridized carbons (Fsp3) is 0.600. The van der Waals surface area contributed by atoms with Crippen molar-refractivity contribution in [3.8, 4) is 0 Å². The third-order valence-electron chi connectivity index (χ3n) is 5.33. The molecule has 0 aliphatic carbocycles. The summed E-state index contributed by atoms with van der Waals surface area (Å²) in [4.78, 5) is 20.8. The van der Waals surface area contributed by atoms with E-state index in [1.807, 2.05) is 24.3 Å². The Bertz CT molecular complexity index is 678. The average molecular weight is 375 g/mol. The van der Waals surface area contributed by atoms with Gasteiger partial charge >= 0.3 is 0 Å². The van der Waals surface area contributed by atoms with Gasteiger partial charge in [0.2, 0.25) is 5.91 Å². The first-order chi connectivity index (χ1) is 12.7. The molecule has 0 saturated carbocycles. The summed E-state index contributed by atoms with van der Waals surface area (Å²) < 4.78 is 0. The molecule has 2 aromatic rings. The number of carbonyl (C=O) groups is 1. The Labute approximate surface area is 160 Å². The topological polar surface area (TPSA) is 69.8 Å². The molecule has 1 aliphatic rings. The van der Waals surface area contributed by atoms with E-state index in [2.05, 4.69) is 28.8 Å². The lowest BCUT2D eigenvalue weighted by Crippen LogP contribution is -2.36. The van der Waals surface area contributed by atoms with Crippen LogP contribution < -0.4 is 10.6 Å². The van der Waals surface area contributed by atoms with Crippen LogP contribution in [0.2, 0.25) is 0 Å². The lowest BCUT2D eigenvalue weighted by Gasteiger charge is -2.28. The van der Waals surface area contributed by atoms with Crippen LogP contribution in [-0.2, 0) is 4.79 Å². The summed E-state index contributed by atoms with van der Waals surface area (Å²) in [6.07, 6.45) is 6.00. The van der Waals surface area contributed by atoms with Crippen molar-refractivity contribution in [2.45, 2.75) is 38.6 Å². The molecule has 1 aromatic carbocycles. The van der Waals surface area contributed by atoms with Gasteiger partial charge in [-0.15, -0.1) is 0 Å². The predicted octanol–water partition coefficient (Wildman–Crippen LogP) is 3.50. The van der Waals surface area contributed by atoms with E-state index in [-0.39, 0.29) is 11.9 Å². The van der Waals surface area contributed by atoms with Gasteiger partial charge in [0.15, 0.2) is 0 Å². The van der Waals surface area contributed by atoms with E-state index >= 15 is 0 Å². The summed E-state index contributed by atoms with van der Waals surface area (Å²) in [6.45, 7) is 4.35. The fourth-order valence-electron chi connectivity index (χ4n) is 3.73. The van der Waals surface area contributed by atoms with Crippen molar-refractivity contribution in [1.29, 1.82) is 0 Å². The molecular weight excluding hydrogens is 344 g/mol. The van der Waals surface area contributed by atoms with E-state index in [9.17, 15) is 4.79 Å². The number of rotatable bonds is 8. The van der Waals surface area contributed by atoms with Crippen molar-refractivity contribution < 1.29 is 4.79 Å². The highest BCUT2D eigenvalue weighted by Crippen LogP contribution is 2.24. The molecule has 1 fully saturated rings. The second kappa shape index (κ2) is 9.42. The number of benzene rings is 1. The van der Waals surface area contributed by atoms with Gasteiger partial charge in [-0.1, -0.05) is 19.1 Å². The highest BCUT2D eigenvalue weighted by atomic mass is 32.2. The zero-order chi connectivity index (χ0) is 18.4. The number of hydrogen-bond acceptors (Lipinski definition) is 4. The molecule has 1 amide bonds. The van der Waals surface area contributed by atoms with Crippen LogP contribution in [0.1, 0.15) is 44.5 Å². The summed E-state index contributed by atoms with van der Waals surface area (Å²) in [5.41, 5.74) is 1.97. The highest BCUT2D eigenvalue weighted by molar-refractivity contribution is 7.98. The van der Waals surface area contributed by atoms with Gasteiger partial charge in [0.05, 0.1) is 17.1 Å². The van der Waals surface area contributed by atoms with Crippen molar-refractivity contribution >= 4 is 28.7 Å². The molecule has 142 valence electrons. The van der Waals surface area contributed by atoms with E-state index < -0.39 is 0 Å². The number of imidazole rings is 1. The molecule has 6 heteroatoms. The molecule has 0 radical (unpaired) electrons. The Morgan fingerprint density at radius 1 is 1.42 bits per heavy atom. The first-order valence-corrected chi connectivity index (χ1v) is 11.0. The van der Waals surface area contributed by atoms with Crippen molar-refractivity contribution in [3.63, 3.8) is 0 Å². The van der Waals surface area contributed by atoms with Crippen LogP contribution in [0.5, 0.6) is 0 Å². The van der Waals surface area contributed by atoms with Crippen LogP contribution in [0.3, 0.4) is 0 Å². The van der Waals surface area contributed by atoms with Crippen LogP contribution in [0.15, 0.2) is 24.3 Å². The largest absolute Gasteiger partial charge is 0.346 e. The standard InChI is InChI=1S/C20H30N4OS/c1-14(15-6-5-10-21-13-15)12-19(25)22-18(9-11-26-2)20-23-16-7-3-4-8-17(16)24-20/h3-4,7-8,14-15,18,21H,5-6,9-13H2,1-2H3,(H,22,25)(H,23,24). The number of thioether (sulfide) groups is 1. The Kier molecular flexibility index (Phi) is 6.97. The maximum atomic E-state index is 12.7. The van der Waals surface area contributed by atoms with Gasteiger partial charge in [-0.2, -0.15) is 11.8 Å². The normalized spacial score (nSPS) is 20.0. The Balaban J connectivity index is 1.64. The van der Waals surface area contributed by atoms with Crippen LogP contribution in [-0.4, -0.2) is 41.0 Å². The summed E-state index contributed by atoms with van der Waals surface area (Å²) >= 11 is 1.79. The maximum Gasteiger partial charge on any atom is 0.220 e. The molecule has 3 unspecified atom stereocenters. The second-order valence-electron chi connectivity index (χ2n) is 7.33. The molecule has 1 aliphatic heterocycles. The van der Waals surface area contributed by atoms with E-state index in [1.165, 1.54) is 12.8 Å². The van der Waals surface area contributed by atoms with Crippen LogP contribution >= 0.6 is 11.8 Å². The van der Waals surface area contributed by atoms with E-state index in [1.54, 1.807) is 11.8 Å². The van der Waals surface area contributed by atoms with Gasteiger partial charge in [-0.3, -0.25) is 4.79 Å². The summed E-state index contributed by atoms with van der Waals surface area (Å²) in [5.74, 6) is 2.99. The Morgan fingerprint density at radius 2 is 2.27 bits per heavy atom. The predicted molar refractivity (Wildman–Crippen MR) is 109 cm³/mol. The number of aromatic nitrogens is 2. The number of hydrogen-bond donors (Lipinski definition) is 3. The number of fused-ring (bicyclic) bond motifs is 1. The molecule has 3 N–H and O–H groups in total. The number of carbonyl (C=O) groups excluding carboxylic acids is 1. The number of aromatic amines is 1. The van der Waals surface area contributed by atoms with Crippen molar-refractivity contribution in [2.75, 3.05) is 25.1 Å². The summed E-state index contributed by atoms with van der Waals surface area (Å²) in [5, 5.41) is 6.68. The van der Waals surface area contributed by atoms with Crippen molar-refractivity contribution in [3.05, 3.63) is 30.1 Å². The van der Waals surface area contributed by atoms with Crippen molar-refractivity contribution in [1.82, 2.24) is 20.6 Å². The third kappa shape index (κ3) is 5.01. The molecule has 1 aromatic heterocycles. The van der Waals surface area contributed by atoms with Gasteiger partial charge in [0.1, 0.15) is 5.82 Å². The Hall–Kier alpha value is -1.53. The SMILES string of the molecule is CSCCC(NC(=O)CC(C)C1CCCNC1)c1nc2ccccc2[nH]1. The number of piperidine rings is 1. The molecule has 1 saturated heterocycles. The quantitative estimate of drug-likeness (QED) is 0.661. The smallest absolute Gasteiger partial charge is 0.220 e. The van der Waals surface area contributed by atoms with Crippen LogP contribution in [0.4, 0.5) is 0 Å². The third-order valence-corrected chi connectivity index (χ3v) is 5.97. The minimum atomic E-state index is -0.0565. The Morgan fingerprint density at radius 3 is 3.00 bits per heavy atom. The molecule has 5 nitrogen and oxygen atoms in total. The van der Waals surface area contributed by atoms with Gasteiger partial charge < -0.3 is 15.6 Å². The van der Waals surface area contributed by atoms with E-state index in [0.717, 1.165) is 42.1 Å². The minimum absolute atomic E-state index is 0.0565. The van der Waals surface area contributed by atoms with Gasteiger partial charge in [0, 0.05) is 6.42 Å². The molecule has 0 spiro atoms. The number of para-hydroxylation sites is 2. The highest BCUT2D eigenvalue weighted by Gasteiger charge is 2.24. The summed E-state index contributed by atoms with van der Waals surface area (Å²) in [6, 6.07) is 7.96. The lowest BCUT2D eigenvalue weighted by atomic mass is 9.85. The number of nitrogens with zero attached hydrogens (tertiary/aromatic N) is 1. The minimum Gasteiger partial charge on any atom is -0.346 e. The fourth-order valence-corrected chi connectivity index (χ4v) is 4.20. The number of nitrogens with one attached hydrogen (secondary N) is 3. The molecule has 3 atom stereocenters. The van der Waals surface area contributed by atoms with E-state index in [0.29, 0.717) is 18.3 Å². The van der Waals surface area contributed by atoms with Crippen molar-refractivity contribution in [2.24, 2.45) is 11.8 Å². The molecule has 26 heavy (non-hydrogen) atoms. The second-order valence-corrected chi connectivity index (χ2v) is 8.31. The maximum absolute atomic E-state index is 12.7. The molecule has 0 bridgehead atoms. The zero-order valence-corrected chi connectivity index (χ0v) is 16.6.